The Balaban J connectivity index is 1.79. The molecule has 2 aromatic carbocycles. The highest BCUT2D eigenvalue weighted by Gasteiger charge is 2.56. The highest BCUT2D eigenvalue weighted by atomic mass is 14.6. The van der Waals surface area contributed by atoms with Gasteiger partial charge in [0.2, 0.25) is 0 Å². The van der Waals surface area contributed by atoms with Gasteiger partial charge in [-0.3, -0.25) is 0 Å². The molecule has 5 rings (SSSR count). The molecule has 2 saturated carbocycles. The van der Waals surface area contributed by atoms with E-state index in [1.807, 2.05) is 0 Å². The summed E-state index contributed by atoms with van der Waals surface area (Å²) in [5, 5.41) is 0. The standard InChI is InChI=1S/C23H26/c1-22(2,3)16-10-11-21-19(13-16)18-6-4-5-7-20(18)23(21)14-15-8-9-17(23)12-15/h4-7,10-11,13,15,17H,8-9,12,14H2,1-3H3. The molecule has 2 bridgehead atoms. The monoisotopic (exact) mass is 302 g/mol. The van der Waals surface area contributed by atoms with Crippen LogP contribution in [0.1, 0.15) is 63.1 Å². The molecule has 3 unspecified atom stereocenters. The third-order valence-electron chi connectivity index (χ3n) is 6.91. The Morgan fingerprint density at radius 2 is 1.70 bits per heavy atom. The third kappa shape index (κ3) is 1.67. The lowest BCUT2D eigenvalue weighted by Crippen LogP contribution is -2.31. The second kappa shape index (κ2) is 4.29. The van der Waals surface area contributed by atoms with Crippen molar-refractivity contribution in [3.05, 3.63) is 59.2 Å². The van der Waals surface area contributed by atoms with E-state index in [2.05, 4.69) is 63.2 Å². The van der Waals surface area contributed by atoms with Crippen molar-refractivity contribution in [2.24, 2.45) is 11.8 Å². The van der Waals surface area contributed by atoms with Crippen molar-refractivity contribution in [1.82, 2.24) is 0 Å². The maximum Gasteiger partial charge on any atom is 0.0246 e. The minimum Gasteiger partial charge on any atom is -0.0619 e. The zero-order chi connectivity index (χ0) is 15.8. The molecule has 2 fully saturated rings. The van der Waals surface area contributed by atoms with Gasteiger partial charge in [0.1, 0.15) is 0 Å². The quantitative estimate of drug-likeness (QED) is 0.554. The van der Waals surface area contributed by atoms with Crippen molar-refractivity contribution in [1.29, 1.82) is 0 Å². The summed E-state index contributed by atoms with van der Waals surface area (Å²) in [6.07, 6.45) is 5.73. The molecule has 2 aromatic rings. The minimum absolute atomic E-state index is 0.217. The fourth-order valence-corrected chi connectivity index (χ4v) is 5.86. The normalized spacial score (nSPS) is 30.7. The van der Waals surface area contributed by atoms with Gasteiger partial charge >= 0.3 is 0 Å². The van der Waals surface area contributed by atoms with E-state index in [1.54, 1.807) is 11.1 Å². The zero-order valence-electron chi connectivity index (χ0n) is 14.5. The first-order valence-corrected chi connectivity index (χ1v) is 9.25. The van der Waals surface area contributed by atoms with Gasteiger partial charge < -0.3 is 0 Å². The maximum absolute atomic E-state index is 2.49. The minimum atomic E-state index is 0.217. The molecule has 3 aliphatic carbocycles. The molecule has 0 aliphatic heterocycles. The van der Waals surface area contributed by atoms with Crippen LogP contribution in [0.5, 0.6) is 0 Å². The average Bonchev–Trinajstić information content (AvgIpc) is 3.21. The van der Waals surface area contributed by atoms with Crippen LogP contribution in [-0.2, 0) is 10.8 Å². The molecular formula is C23H26. The smallest absolute Gasteiger partial charge is 0.0246 e. The Labute approximate surface area is 139 Å². The molecule has 1 spiro atoms. The summed E-state index contributed by atoms with van der Waals surface area (Å²) >= 11 is 0. The predicted octanol–water partition coefficient (Wildman–Crippen LogP) is 6.07. The van der Waals surface area contributed by atoms with Gasteiger partial charge in [0.15, 0.2) is 0 Å². The Hall–Kier alpha value is -1.56. The molecule has 0 nitrogen and oxygen atoms in total. The molecule has 0 aromatic heterocycles. The van der Waals surface area contributed by atoms with Crippen molar-refractivity contribution in [3.8, 4) is 11.1 Å². The second-order valence-electron chi connectivity index (χ2n) is 9.11. The van der Waals surface area contributed by atoms with Crippen LogP contribution in [0.2, 0.25) is 0 Å². The lowest BCUT2D eigenvalue weighted by atomic mass is 9.66. The van der Waals surface area contributed by atoms with Gasteiger partial charge in [-0.25, -0.2) is 0 Å². The van der Waals surface area contributed by atoms with Crippen molar-refractivity contribution in [3.63, 3.8) is 0 Å². The van der Waals surface area contributed by atoms with E-state index < -0.39 is 0 Å². The first-order chi connectivity index (χ1) is 11.0. The summed E-state index contributed by atoms with van der Waals surface area (Å²) in [6, 6.07) is 16.6. The fourth-order valence-electron chi connectivity index (χ4n) is 5.86. The molecule has 23 heavy (non-hydrogen) atoms. The zero-order valence-corrected chi connectivity index (χ0v) is 14.5. The highest BCUT2D eigenvalue weighted by Crippen LogP contribution is 2.65. The molecule has 3 atom stereocenters. The van der Waals surface area contributed by atoms with E-state index in [1.165, 1.54) is 42.4 Å². The molecule has 118 valence electrons. The van der Waals surface area contributed by atoms with Gasteiger partial charge in [-0.15, -0.1) is 0 Å². The van der Waals surface area contributed by atoms with Crippen molar-refractivity contribution < 1.29 is 0 Å². The summed E-state index contributed by atoms with van der Waals surface area (Å²) < 4.78 is 0. The van der Waals surface area contributed by atoms with Crippen LogP contribution >= 0.6 is 0 Å². The first kappa shape index (κ1) is 13.8. The fraction of sp³-hybridized carbons (Fsp3) is 0.478. The first-order valence-electron chi connectivity index (χ1n) is 9.25. The summed E-state index contributed by atoms with van der Waals surface area (Å²) in [6.45, 7) is 6.97. The van der Waals surface area contributed by atoms with Crippen LogP contribution in [0.25, 0.3) is 11.1 Å². The molecule has 0 radical (unpaired) electrons. The van der Waals surface area contributed by atoms with Crippen LogP contribution in [0.3, 0.4) is 0 Å². The van der Waals surface area contributed by atoms with Crippen LogP contribution in [0.4, 0.5) is 0 Å². The van der Waals surface area contributed by atoms with Gasteiger partial charge in [-0.1, -0.05) is 69.7 Å². The highest BCUT2D eigenvalue weighted by molar-refractivity contribution is 5.82. The molecular weight excluding hydrogens is 276 g/mol. The van der Waals surface area contributed by atoms with E-state index >= 15 is 0 Å². The lowest BCUT2D eigenvalue weighted by Gasteiger charge is -2.36. The summed E-state index contributed by atoms with van der Waals surface area (Å²) in [7, 11) is 0. The predicted molar refractivity (Wildman–Crippen MR) is 96.8 cm³/mol. The maximum atomic E-state index is 2.49. The number of benzene rings is 2. The van der Waals surface area contributed by atoms with Gasteiger partial charge in [0, 0.05) is 5.41 Å². The van der Waals surface area contributed by atoms with Crippen LogP contribution < -0.4 is 0 Å². The summed E-state index contributed by atoms with van der Waals surface area (Å²) in [4.78, 5) is 0. The van der Waals surface area contributed by atoms with E-state index in [9.17, 15) is 0 Å². The Morgan fingerprint density at radius 3 is 2.39 bits per heavy atom. The molecule has 0 N–H and O–H groups in total. The SMILES string of the molecule is CC(C)(C)c1ccc2c(c1)-c1ccccc1C21CC2CCC1C2. The van der Waals surface area contributed by atoms with Crippen LogP contribution in [0.15, 0.2) is 42.5 Å². The number of fused-ring (bicyclic) bond motifs is 8. The molecule has 0 saturated heterocycles. The van der Waals surface area contributed by atoms with E-state index in [4.69, 9.17) is 0 Å². The van der Waals surface area contributed by atoms with Crippen molar-refractivity contribution >= 4 is 0 Å². The molecule has 0 heterocycles. The molecule has 3 aliphatic rings. The number of rotatable bonds is 0. The van der Waals surface area contributed by atoms with Gasteiger partial charge in [-0.05, 0) is 64.3 Å². The van der Waals surface area contributed by atoms with E-state index in [-0.39, 0.29) is 5.41 Å². The number of hydrogen-bond acceptors (Lipinski definition) is 0. The van der Waals surface area contributed by atoms with Crippen molar-refractivity contribution in [2.75, 3.05) is 0 Å². The lowest BCUT2D eigenvalue weighted by molar-refractivity contribution is 0.327. The number of hydrogen-bond donors (Lipinski definition) is 0. The van der Waals surface area contributed by atoms with E-state index in [0.29, 0.717) is 5.41 Å². The summed E-state index contributed by atoms with van der Waals surface area (Å²) in [5.74, 6) is 1.83. The molecule has 0 heteroatoms. The average molecular weight is 302 g/mol. The van der Waals surface area contributed by atoms with Crippen LogP contribution in [-0.4, -0.2) is 0 Å². The van der Waals surface area contributed by atoms with E-state index in [0.717, 1.165) is 11.8 Å². The van der Waals surface area contributed by atoms with Gasteiger partial charge in [-0.2, -0.15) is 0 Å². The van der Waals surface area contributed by atoms with Crippen LogP contribution in [0, 0.1) is 11.8 Å². The summed E-state index contributed by atoms with van der Waals surface area (Å²) in [5.41, 5.74) is 8.33. The van der Waals surface area contributed by atoms with Gasteiger partial charge in [0.05, 0.1) is 0 Å². The Bertz CT molecular complexity index is 792. The topological polar surface area (TPSA) is 0 Å². The van der Waals surface area contributed by atoms with Crippen molar-refractivity contribution in [2.45, 2.75) is 57.3 Å². The third-order valence-corrected chi connectivity index (χ3v) is 6.91. The Morgan fingerprint density at radius 1 is 0.913 bits per heavy atom. The molecule has 0 amide bonds. The van der Waals surface area contributed by atoms with Gasteiger partial charge in [0.25, 0.3) is 0 Å². The second-order valence-corrected chi connectivity index (χ2v) is 9.11. The Kier molecular flexibility index (Phi) is 2.58. The largest absolute Gasteiger partial charge is 0.0619 e.